The highest BCUT2D eigenvalue weighted by molar-refractivity contribution is 7.86. The molecule has 4 rings (SSSR count). The van der Waals surface area contributed by atoms with Crippen molar-refractivity contribution in [3.63, 3.8) is 0 Å². The van der Waals surface area contributed by atoms with Crippen molar-refractivity contribution in [2.75, 3.05) is 6.26 Å². The molecule has 7 heteroatoms. The van der Waals surface area contributed by atoms with E-state index in [0.717, 1.165) is 22.7 Å². The summed E-state index contributed by atoms with van der Waals surface area (Å²) in [7, 11) is -3.72. The minimum atomic E-state index is -3.72. The average Bonchev–Trinajstić information content (AvgIpc) is 3.22. The van der Waals surface area contributed by atoms with Gasteiger partial charge in [-0.05, 0) is 41.3 Å². The Balaban J connectivity index is 1.59. The van der Waals surface area contributed by atoms with Crippen LogP contribution in [0.2, 0.25) is 0 Å². The van der Waals surface area contributed by atoms with Gasteiger partial charge in [-0.15, -0.1) is 0 Å². The highest BCUT2D eigenvalue weighted by atomic mass is 32.2. The molecule has 1 aliphatic heterocycles. The van der Waals surface area contributed by atoms with Crippen LogP contribution in [0.3, 0.4) is 0 Å². The quantitative estimate of drug-likeness (QED) is 0.431. The van der Waals surface area contributed by atoms with E-state index in [2.05, 4.69) is 4.98 Å². The summed E-state index contributed by atoms with van der Waals surface area (Å²) < 4.78 is 33.2. The molecule has 128 valence electrons. The standard InChI is InChI=1S/C18H15NO5S/c1-25(21,22)24-15-5-3-2-4-13(15)16(20)18-17(23-18)12-6-7-14-11(10-12)8-9-19-14/h2-10,17-19H,1H3. The lowest BCUT2D eigenvalue weighted by Crippen LogP contribution is -2.13. The lowest BCUT2D eigenvalue weighted by Gasteiger charge is -2.07. The summed E-state index contributed by atoms with van der Waals surface area (Å²) in [6.45, 7) is 0. The number of Topliss-reactive ketones (excluding diaryl/α,β-unsaturated/α-hetero) is 1. The van der Waals surface area contributed by atoms with Crippen LogP contribution in [0.25, 0.3) is 10.9 Å². The molecule has 1 N–H and O–H groups in total. The number of H-pyrrole nitrogens is 1. The van der Waals surface area contributed by atoms with Crippen LogP contribution in [-0.2, 0) is 14.9 Å². The predicted octanol–water partition coefficient (Wildman–Crippen LogP) is 2.83. The Labute approximate surface area is 144 Å². The zero-order chi connectivity index (χ0) is 17.6. The van der Waals surface area contributed by atoms with E-state index in [-0.39, 0.29) is 23.2 Å². The Bertz CT molecular complexity index is 1070. The Hall–Kier alpha value is -2.64. The number of carbonyl (C=O) groups is 1. The molecule has 1 aromatic heterocycles. The maximum absolute atomic E-state index is 12.7. The summed E-state index contributed by atoms with van der Waals surface area (Å²) in [5, 5.41) is 1.04. The average molecular weight is 357 g/mol. The first-order valence-electron chi connectivity index (χ1n) is 7.67. The van der Waals surface area contributed by atoms with Crippen LogP contribution in [-0.4, -0.2) is 31.5 Å². The molecule has 3 aromatic rings. The van der Waals surface area contributed by atoms with Gasteiger partial charge in [0.1, 0.15) is 6.10 Å². The summed E-state index contributed by atoms with van der Waals surface area (Å²) in [5.74, 6) is -0.274. The molecule has 0 amide bonds. The van der Waals surface area contributed by atoms with E-state index < -0.39 is 16.2 Å². The molecule has 6 nitrogen and oxygen atoms in total. The van der Waals surface area contributed by atoms with Gasteiger partial charge in [-0.25, -0.2) is 0 Å². The monoisotopic (exact) mass is 357 g/mol. The lowest BCUT2D eigenvalue weighted by molar-refractivity contribution is 0.0952. The Morgan fingerprint density at radius 2 is 1.96 bits per heavy atom. The number of ether oxygens (including phenoxy) is 1. The number of ketones is 1. The fourth-order valence-electron chi connectivity index (χ4n) is 2.87. The first kappa shape index (κ1) is 15.9. The van der Waals surface area contributed by atoms with E-state index >= 15 is 0 Å². The molecule has 1 saturated heterocycles. The van der Waals surface area contributed by atoms with Crippen LogP contribution >= 0.6 is 0 Å². The minimum absolute atomic E-state index is 0.0188. The van der Waals surface area contributed by atoms with Crippen molar-refractivity contribution in [1.82, 2.24) is 4.98 Å². The maximum atomic E-state index is 12.7. The minimum Gasteiger partial charge on any atom is -0.382 e. The second kappa shape index (κ2) is 5.72. The number of aromatic amines is 1. The van der Waals surface area contributed by atoms with Crippen LogP contribution in [0.4, 0.5) is 0 Å². The number of aromatic nitrogens is 1. The molecule has 2 unspecified atom stereocenters. The fraction of sp³-hybridized carbons (Fsp3) is 0.167. The molecule has 1 aliphatic rings. The number of hydrogen-bond donors (Lipinski definition) is 1. The number of hydrogen-bond acceptors (Lipinski definition) is 5. The topological polar surface area (TPSA) is 88.8 Å². The van der Waals surface area contributed by atoms with Crippen molar-refractivity contribution >= 4 is 26.8 Å². The van der Waals surface area contributed by atoms with Gasteiger partial charge in [-0.2, -0.15) is 8.42 Å². The van der Waals surface area contributed by atoms with E-state index in [1.165, 1.54) is 12.1 Å². The normalized spacial score (nSPS) is 19.7. The Morgan fingerprint density at radius 1 is 1.16 bits per heavy atom. The zero-order valence-corrected chi connectivity index (χ0v) is 14.1. The summed E-state index contributed by atoms with van der Waals surface area (Å²) >= 11 is 0. The van der Waals surface area contributed by atoms with Crippen molar-refractivity contribution in [2.24, 2.45) is 0 Å². The third-order valence-electron chi connectivity index (χ3n) is 4.05. The van der Waals surface area contributed by atoms with Gasteiger partial charge in [-0.1, -0.05) is 18.2 Å². The number of nitrogens with one attached hydrogen (secondary N) is 1. The summed E-state index contributed by atoms with van der Waals surface area (Å²) in [6.07, 6.45) is 1.82. The molecule has 25 heavy (non-hydrogen) atoms. The van der Waals surface area contributed by atoms with Gasteiger partial charge in [0.2, 0.25) is 0 Å². The third kappa shape index (κ3) is 3.16. The largest absolute Gasteiger partial charge is 0.382 e. The van der Waals surface area contributed by atoms with E-state index in [9.17, 15) is 13.2 Å². The van der Waals surface area contributed by atoms with Crippen molar-refractivity contribution in [2.45, 2.75) is 12.2 Å². The molecule has 2 atom stereocenters. The summed E-state index contributed by atoms with van der Waals surface area (Å²) in [5.41, 5.74) is 2.12. The first-order valence-corrected chi connectivity index (χ1v) is 9.49. The van der Waals surface area contributed by atoms with Gasteiger partial charge in [0.15, 0.2) is 17.6 Å². The van der Waals surface area contributed by atoms with E-state index in [1.54, 1.807) is 12.1 Å². The fourth-order valence-corrected chi connectivity index (χ4v) is 3.34. The number of benzene rings is 2. The summed E-state index contributed by atoms with van der Waals surface area (Å²) in [6, 6.07) is 14.0. The molecule has 0 spiro atoms. The van der Waals surface area contributed by atoms with E-state index in [0.29, 0.717) is 0 Å². The number of para-hydroxylation sites is 1. The van der Waals surface area contributed by atoms with Crippen molar-refractivity contribution in [3.05, 3.63) is 65.9 Å². The van der Waals surface area contributed by atoms with Gasteiger partial charge >= 0.3 is 10.1 Å². The van der Waals surface area contributed by atoms with Crippen LogP contribution in [0.5, 0.6) is 5.75 Å². The summed E-state index contributed by atoms with van der Waals surface area (Å²) in [4.78, 5) is 15.8. The van der Waals surface area contributed by atoms with Gasteiger partial charge in [0.05, 0.1) is 11.8 Å². The Morgan fingerprint density at radius 3 is 2.76 bits per heavy atom. The molecule has 0 radical (unpaired) electrons. The number of epoxide rings is 1. The van der Waals surface area contributed by atoms with E-state index in [1.807, 2.05) is 30.5 Å². The molecule has 2 heterocycles. The molecule has 1 fully saturated rings. The molecule has 0 bridgehead atoms. The Kier molecular flexibility index (Phi) is 3.63. The van der Waals surface area contributed by atoms with Crippen molar-refractivity contribution in [1.29, 1.82) is 0 Å². The smallest absolute Gasteiger partial charge is 0.306 e. The predicted molar refractivity (Wildman–Crippen MR) is 92.2 cm³/mol. The van der Waals surface area contributed by atoms with Gasteiger partial charge < -0.3 is 13.9 Å². The molecular formula is C18H15NO5S. The number of rotatable bonds is 5. The highest BCUT2D eigenvalue weighted by Crippen LogP contribution is 2.42. The van der Waals surface area contributed by atoms with Gasteiger partial charge in [0.25, 0.3) is 0 Å². The highest BCUT2D eigenvalue weighted by Gasteiger charge is 2.47. The van der Waals surface area contributed by atoms with Gasteiger partial charge in [-0.3, -0.25) is 4.79 Å². The maximum Gasteiger partial charge on any atom is 0.306 e. The van der Waals surface area contributed by atoms with Crippen LogP contribution in [0, 0.1) is 0 Å². The molecule has 0 aliphatic carbocycles. The van der Waals surface area contributed by atoms with Gasteiger partial charge in [0, 0.05) is 11.7 Å². The molecule has 2 aromatic carbocycles. The zero-order valence-electron chi connectivity index (χ0n) is 13.3. The van der Waals surface area contributed by atoms with Crippen LogP contribution < -0.4 is 4.18 Å². The van der Waals surface area contributed by atoms with Crippen molar-refractivity contribution < 1.29 is 22.1 Å². The molecule has 0 saturated carbocycles. The number of fused-ring (bicyclic) bond motifs is 1. The van der Waals surface area contributed by atoms with Crippen molar-refractivity contribution in [3.8, 4) is 5.75 Å². The second-order valence-electron chi connectivity index (χ2n) is 5.95. The molecular weight excluding hydrogens is 342 g/mol. The first-order chi connectivity index (χ1) is 11.9. The number of carbonyl (C=O) groups excluding carboxylic acids is 1. The van der Waals surface area contributed by atoms with Crippen LogP contribution in [0.1, 0.15) is 22.0 Å². The second-order valence-corrected chi connectivity index (χ2v) is 7.52. The van der Waals surface area contributed by atoms with Crippen LogP contribution in [0.15, 0.2) is 54.7 Å². The van der Waals surface area contributed by atoms with E-state index in [4.69, 9.17) is 8.92 Å². The lowest BCUT2D eigenvalue weighted by atomic mass is 10.0. The SMILES string of the molecule is CS(=O)(=O)Oc1ccccc1C(=O)C1OC1c1ccc2[nH]ccc2c1. The third-order valence-corrected chi connectivity index (χ3v) is 4.53.